The lowest BCUT2D eigenvalue weighted by molar-refractivity contribution is -0.274. The van der Waals surface area contributed by atoms with Crippen LogP contribution in [0.3, 0.4) is 0 Å². The average molecular weight is 451 g/mol. The van der Waals surface area contributed by atoms with Gasteiger partial charge in [0.15, 0.2) is 5.76 Å². The first-order chi connectivity index (χ1) is 15.3. The molecule has 1 unspecified atom stereocenters. The minimum absolute atomic E-state index is 0.0456. The maximum Gasteiger partial charge on any atom is 0.573 e. The third-order valence-electron chi connectivity index (χ3n) is 5.78. The maximum absolute atomic E-state index is 13.1. The average Bonchev–Trinajstić information content (AvgIpc) is 3.46. The highest BCUT2D eigenvalue weighted by atomic mass is 19.4. The number of carbonyl (C=O) groups excluding carboxylic acids is 2. The topological polar surface area (TPSA) is 66.2 Å². The number of hydrogen-bond donors (Lipinski definition) is 0. The number of likely N-dealkylation sites (tertiary alicyclic amines) is 1. The Morgan fingerprint density at radius 3 is 2.38 bits per heavy atom. The molecule has 0 radical (unpaired) electrons. The molecule has 10 heteroatoms. The van der Waals surface area contributed by atoms with Crippen LogP contribution in [0.1, 0.15) is 29.0 Å². The minimum Gasteiger partial charge on any atom is -0.459 e. The van der Waals surface area contributed by atoms with Crippen LogP contribution in [-0.2, 0) is 11.3 Å². The number of halogens is 3. The summed E-state index contributed by atoms with van der Waals surface area (Å²) in [6.45, 7) is 3.46. The Labute approximate surface area is 183 Å². The third kappa shape index (κ3) is 5.24. The summed E-state index contributed by atoms with van der Waals surface area (Å²) >= 11 is 0. The maximum atomic E-state index is 13.1. The number of hydrogen-bond acceptors (Lipinski definition) is 5. The number of amides is 2. The van der Waals surface area contributed by atoms with Gasteiger partial charge >= 0.3 is 6.36 Å². The second-order valence-electron chi connectivity index (χ2n) is 7.93. The smallest absolute Gasteiger partial charge is 0.459 e. The van der Waals surface area contributed by atoms with Crippen molar-refractivity contribution in [3.8, 4) is 5.75 Å². The standard InChI is InChI=1S/C22H24F3N3O4/c23-22(24,25)32-17-7-5-16(6-8-17)15-26-10-12-27(13-11-26)20(29)18-3-1-9-28(18)21(30)19-4-2-14-31-19/h2,4-8,14,18H,1,3,9-13,15H2. The van der Waals surface area contributed by atoms with Crippen LogP contribution in [-0.4, -0.2) is 71.6 Å². The normalized spacial score (nSPS) is 19.9. The van der Waals surface area contributed by atoms with E-state index in [0.29, 0.717) is 45.7 Å². The fourth-order valence-corrected chi connectivity index (χ4v) is 4.20. The number of furan rings is 1. The molecule has 2 amide bonds. The predicted molar refractivity (Wildman–Crippen MR) is 108 cm³/mol. The highest BCUT2D eigenvalue weighted by Gasteiger charge is 2.38. The molecule has 2 saturated heterocycles. The molecule has 0 aliphatic carbocycles. The predicted octanol–water partition coefficient (Wildman–Crippen LogP) is 3.13. The molecule has 0 saturated carbocycles. The van der Waals surface area contributed by atoms with E-state index >= 15 is 0 Å². The molecule has 3 heterocycles. The molecule has 2 fully saturated rings. The van der Waals surface area contributed by atoms with E-state index in [0.717, 1.165) is 12.0 Å². The Balaban J connectivity index is 1.29. The van der Waals surface area contributed by atoms with Crippen molar-refractivity contribution in [2.45, 2.75) is 31.8 Å². The molecule has 1 aromatic heterocycles. The van der Waals surface area contributed by atoms with Gasteiger partial charge in [0, 0.05) is 39.3 Å². The number of alkyl halides is 3. The number of nitrogens with zero attached hydrogens (tertiary/aromatic N) is 3. The van der Waals surface area contributed by atoms with Crippen molar-refractivity contribution in [3.63, 3.8) is 0 Å². The van der Waals surface area contributed by atoms with Gasteiger partial charge in [0.25, 0.3) is 5.91 Å². The highest BCUT2D eigenvalue weighted by molar-refractivity contribution is 5.96. The van der Waals surface area contributed by atoms with Crippen molar-refractivity contribution >= 4 is 11.8 Å². The van der Waals surface area contributed by atoms with Gasteiger partial charge in [-0.05, 0) is 42.7 Å². The summed E-state index contributed by atoms with van der Waals surface area (Å²) in [4.78, 5) is 31.2. The van der Waals surface area contributed by atoms with Crippen LogP contribution in [0.2, 0.25) is 0 Å². The van der Waals surface area contributed by atoms with Crippen molar-refractivity contribution in [3.05, 3.63) is 54.0 Å². The van der Waals surface area contributed by atoms with Crippen molar-refractivity contribution < 1.29 is 31.9 Å². The highest BCUT2D eigenvalue weighted by Crippen LogP contribution is 2.24. The van der Waals surface area contributed by atoms with E-state index in [4.69, 9.17) is 4.42 Å². The summed E-state index contributed by atoms with van der Waals surface area (Å²) in [6.07, 6.45) is -1.85. The van der Waals surface area contributed by atoms with E-state index in [1.807, 2.05) is 0 Å². The fourth-order valence-electron chi connectivity index (χ4n) is 4.20. The van der Waals surface area contributed by atoms with E-state index in [1.54, 1.807) is 34.1 Å². The van der Waals surface area contributed by atoms with Crippen LogP contribution in [0.25, 0.3) is 0 Å². The molecule has 2 aliphatic rings. The molecule has 0 spiro atoms. The molecule has 0 bridgehead atoms. The summed E-state index contributed by atoms with van der Waals surface area (Å²) in [6, 6.07) is 8.59. The first kappa shape index (κ1) is 22.2. The van der Waals surface area contributed by atoms with Crippen LogP contribution in [0.4, 0.5) is 13.2 Å². The largest absolute Gasteiger partial charge is 0.573 e. The van der Waals surface area contributed by atoms with Crippen LogP contribution < -0.4 is 4.74 Å². The monoisotopic (exact) mass is 451 g/mol. The second-order valence-corrected chi connectivity index (χ2v) is 7.93. The number of ether oxygens (including phenoxy) is 1. The van der Waals surface area contributed by atoms with E-state index in [2.05, 4.69) is 9.64 Å². The second kappa shape index (κ2) is 9.23. The van der Waals surface area contributed by atoms with Crippen molar-refractivity contribution in [1.29, 1.82) is 0 Å². The minimum atomic E-state index is -4.71. The van der Waals surface area contributed by atoms with Gasteiger partial charge in [-0.3, -0.25) is 14.5 Å². The van der Waals surface area contributed by atoms with Gasteiger partial charge < -0.3 is 19.0 Å². The lowest BCUT2D eigenvalue weighted by Crippen LogP contribution is -2.54. The summed E-state index contributed by atoms with van der Waals surface area (Å²) in [5.41, 5.74) is 0.866. The van der Waals surface area contributed by atoms with Crippen molar-refractivity contribution in [1.82, 2.24) is 14.7 Å². The van der Waals surface area contributed by atoms with Gasteiger partial charge in [-0.25, -0.2) is 0 Å². The zero-order valence-corrected chi connectivity index (χ0v) is 17.4. The Morgan fingerprint density at radius 1 is 1.03 bits per heavy atom. The fraction of sp³-hybridized carbons (Fsp3) is 0.455. The SMILES string of the molecule is O=C(C1CCCN1C(=O)c1ccco1)N1CCN(Cc2ccc(OC(F)(F)F)cc2)CC1. The van der Waals surface area contributed by atoms with E-state index in [1.165, 1.54) is 18.4 Å². The van der Waals surface area contributed by atoms with Crippen molar-refractivity contribution in [2.24, 2.45) is 0 Å². The van der Waals surface area contributed by atoms with Crippen LogP contribution in [0.15, 0.2) is 47.1 Å². The number of piperazine rings is 1. The number of rotatable bonds is 5. The van der Waals surface area contributed by atoms with Gasteiger partial charge in [-0.1, -0.05) is 12.1 Å². The molecule has 1 aromatic carbocycles. The molecule has 2 aliphatic heterocycles. The first-order valence-corrected chi connectivity index (χ1v) is 10.5. The molecular formula is C22H24F3N3O4. The van der Waals surface area contributed by atoms with Gasteiger partial charge in [-0.15, -0.1) is 13.2 Å². The van der Waals surface area contributed by atoms with E-state index < -0.39 is 12.4 Å². The summed E-state index contributed by atoms with van der Waals surface area (Å²) in [5, 5.41) is 0. The first-order valence-electron chi connectivity index (χ1n) is 10.5. The number of benzene rings is 1. The lowest BCUT2D eigenvalue weighted by atomic mass is 10.1. The van der Waals surface area contributed by atoms with Crippen LogP contribution in [0.5, 0.6) is 5.75 Å². The molecule has 4 rings (SSSR count). The zero-order valence-electron chi connectivity index (χ0n) is 17.4. The van der Waals surface area contributed by atoms with Crippen molar-refractivity contribution in [2.75, 3.05) is 32.7 Å². The Bertz CT molecular complexity index is 923. The zero-order chi connectivity index (χ0) is 22.7. The van der Waals surface area contributed by atoms with E-state index in [-0.39, 0.29) is 23.3 Å². The molecule has 7 nitrogen and oxygen atoms in total. The quantitative estimate of drug-likeness (QED) is 0.699. The number of carbonyl (C=O) groups is 2. The molecule has 1 atom stereocenters. The van der Waals surface area contributed by atoms with Gasteiger partial charge in [0.2, 0.25) is 5.91 Å². The van der Waals surface area contributed by atoms with Crippen LogP contribution >= 0.6 is 0 Å². The third-order valence-corrected chi connectivity index (χ3v) is 5.78. The van der Waals surface area contributed by atoms with E-state index in [9.17, 15) is 22.8 Å². The van der Waals surface area contributed by atoms with Gasteiger partial charge in [-0.2, -0.15) is 0 Å². The Morgan fingerprint density at radius 2 is 1.75 bits per heavy atom. The summed E-state index contributed by atoms with van der Waals surface area (Å²) in [5.74, 6) is -0.318. The molecule has 172 valence electrons. The summed E-state index contributed by atoms with van der Waals surface area (Å²) < 4.78 is 45.9. The Hall–Kier alpha value is -3.01. The molecule has 0 N–H and O–H groups in total. The molecule has 2 aromatic rings. The summed E-state index contributed by atoms with van der Waals surface area (Å²) in [7, 11) is 0. The Kier molecular flexibility index (Phi) is 6.40. The van der Waals surface area contributed by atoms with Gasteiger partial charge in [0.1, 0.15) is 11.8 Å². The lowest BCUT2D eigenvalue weighted by Gasteiger charge is -2.37. The molecular weight excluding hydrogens is 427 g/mol. The van der Waals surface area contributed by atoms with Crippen LogP contribution in [0, 0.1) is 0 Å². The molecule has 32 heavy (non-hydrogen) atoms. The van der Waals surface area contributed by atoms with Gasteiger partial charge in [0.05, 0.1) is 6.26 Å².